The molecule has 3 rings (SSSR count). The van der Waals surface area contributed by atoms with Crippen molar-refractivity contribution < 1.29 is 0 Å². The van der Waals surface area contributed by atoms with Crippen LogP contribution in [0.3, 0.4) is 0 Å². The molecule has 0 heteroatoms. The first-order valence-electron chi connectivity index (χ1n) is 13.8. The van der Waals surface area contributed by atoms with Gasteiger partial charge in [-0.05, 0) is 104 Å². The van der Waals surface area contributed by atoms with E-state index in [0.717, 1.165) is 41.4 Å². The highest BCUT2D eigenvalue weighted by molar-refractivity contribution is 5.19. The Kier molecular flexibility index (Phi) is 7.89. The second kappa shape index (κ2) is 9.70. The fourth-order valence-corrected chi connectivity index (χ4v) is 8.49. The van der Waals surface area contributed by atoms with E-state index >= 15 is 0 Å². The lowest BCUT2D eigenvalue weighted by molar-refractivity contribution is -0.0421. The second-order valence-corrected chi connectivity index (χ2v) is 13.2. The summed E-state index contributed by atoms with van der Waals surface area (Å²) in [5, 5.41) is 0. The first kappa shape index (κ1) is 24.4. The predicted octanol–water partition coefficient (Wildman–Crippen LogP) is 9.69. The van der Waals surface area contributed by atoms with Crippen molar-refractivity contribution in [1.82, 2.24) is 0 Å². The van der Waals surface area contributed by atoms with Crippen LogP contribution < -0.4 is 0 Å². The Bertz CT molecular complexity index is 583. The molecule has 0 heterocycles. The van der Waals surface area contributed by atoms with Crippen LogP contribution in [0, 0.1) is 52.3 Å². The number of hydrogen-bond donors (Lipinski definition) is 0. The Morgan fingerprint density at radius 3 is 2.23 bits per heavy atom. The quantitative estimate of drug-likeness (QED) is 0.347. The minimum atomic E-state index is 0.452. The monoisotopic (exact) mass is 414 g/mol. The van der Waals surface area contributed by atoms with Gasteiger partial charge in [0.15, 0.2) is 0 Å². The molecule has 0 aromatic rings. The van der Waals surface area contributed by atoms with E-state index in [9.17, 15) is 0 Å². The molecular weight excluding hydrogens is 360 g/mol. The van der Waals surface area contributed by atoms with E-state index in [1.54, 1.807) is 5.57 Å². The lowest BCUT2D eigenvalue weighted by atomic mass is 9.50. The molecule has 0 amide bonds. The maximum Gasteiger partial charge on any atom is -0.00881 e. The van der Waals surface area contributed by atoms with Gasteiger partial charge in [-0.15, -0.1) is 0 Å². The third kappa shape index (κ3) is 4.73. The zero-order chi connectivity index (χ0) is 22.1. The molecule has 7 unspecified atom stereocenters. The van der Waals surface area contributed by atoms with E-state index in [4.69, 9.17) is 0 Å². The average Bonchev–Trinajstić information content (AvgIpc) is 2.97. The van der Waals surface area contributed by atoms with Crippen molar-refractivity contribution in [3.63, 3.8) is 0 Å². The molecule has 3 aliphatic carbocycles. The molecule has 0 aromatic heterocycles. The summed E-state index contributed by atoms with van der Waals surface area (Å²) in [6, 6.07) is 0. The first-order chi connectivity index (χ1) is 14.1. The fourth-order valence-electron chi connectivity index (χ4n) is 8.49. The van der Waals surface area contributed by atoms with E-state index < -0.39 is 0 Å². The summed E-state index contributed by atoms with van der Waals surface area (Å²) < 4.78 is 0. The molecule has 0 N–H and O–H groups in total. The van der Waals surface area contributed by atoms with Crippen molar-refractivity contribution in [2.45, 2.75) is 126 Å². The summed E-state index contributed by atoms with van der Waals surface area (Å²) >= 11 is 0. The topological polar surface area (TPSA) is 0 Å². The summed E-state index contributed by atoms with van der Waals surface area (Å²) in [6.45, 7) is 20.1. The molecule has 0 saturated heterocycles. The number of hydrogen-bond acceptors (Lipinski definition) is 0. The number of rotatable bonds is 8. The zero-order valence-electron chi connectivity index (χ0n) is 21.9. The molecule has 2 saturated carbocycles. The number of allylic oxidation sites excluding steroid dienone is 2. The third-order valence-electron chi connectivity index (χ3n) is 10.5. The Labute approximate surface area is 190 Å². The minimum absolute atomic E-state index is 0.452. The van der Waals surface area contributed by atoms with Crippen LogP contribution in [-0.4, -0.2) is 0 Å². The predicted molar refractivity (Wildman–Crippen MR) is 134 cm³/mol. The maximum absolute atomic E-state index is 2.74. The van der Waals surface area contributed by atoms with Gasteiger partial charge in [-0.25, -0.2) is 0 Å². The van der Waals surface area contributed by atoms with Crippen LogP contribution in [-0.2, 0) is 0 Å². The summed E-state index contributed by atoms with van der Waals surface area (Å²) in [6.07, 6.45) is 18.6. The molecule has 0 aliphatic heterocycles. The van der Waals surface area contributed by atoms with E-state index in [0.29, 0.717) is 10.8 Å². The summed E-state index contributed by atoms with van der Waals surface area (Å²) in [7, 11) is 0. The molecule has 0 bridgehead atoms. The van der Waals surface area contributed by atoms with Crippen LogP contribution in [0.4, 0.5) is 0 Å². The lowest BCUT2D eigenvalue weighted by Crippen LogP contribution is -2.47. The molecule has 0 radical (unpaired) electrons. The van der Waals surface area contributed by atoms with Gasteiger partial charge in [0.05, 0.1) is 0 Å². The summed E-state index contributed by atoms with van der Waals surface area (Å²) in [4.78, 5) is 0. The Balaban J connectivity index is 1.76. The third-order valence-corrected chi connectivity index (χ3v) is 10.5. The van der Waals surface area contributed by atoms with Gasteiger partial charge in [-0.3, -0.25) is 0 Å². The van der Waals surface area contributed by atoms with Crippen LogP contribution in [0.2, 0.25) is 0 Å². The van der Waals surface area contributed by atoms with E-state index in [-0.39, 0.29) is 0 Å². The molecule has 0 spiro atoms. The van der Waals surface area contributed by atoms with Crippen molar-refractivity contribution >= 4 is 0 Å². The molecule has 0 nitrogen and oxygen atoms in total. The average molecular weight is 415 g/mol. The van der Waals surface area contributed by atoms with Gasteiger partial charge in [0.25, 0.3) is 0 Å². The highest BCUT2D eigenvalue weighted by atomic mass is 14.6. The van der Waals surface area contributed by atoms with E-state index in [2.05, 4.69) is 61.5 Å². The molecule has 174 valence electrons. The highest BCUT2D eigenvalue weighted by Gasteiger charge is 2.57. The standard InChI is InChI=1S/C30H54/c1-21(2)11-9-12-23(5)26-15-16-27-25-14-10-13-24(6)29(7,19-17-22(3)4)28(25)18-20-30(26,27)8/h13,21-23,25-28H,9-12,14-20H2,1-8H3. The van der Waals surface area contributed by atoms with Crippen molar-refractivity contribution in [2.75, 3.05) is 0 Å². The molecule has 3 aliphatic rings. The van der Waals surface area contributed by atoms with Crippen molar-refractivity contribution in [3.8, 4) is 0 Å². The van der Waals surface area contributed by atoms with Gasteiger partial charge >= 0.3 is 0 Å². The van der Waals surface area contributed by atoms with Crippen molar-refractivity contribution in [2.24, 2.45) is 52.3 Å². The van der Waals surface area contributed by atoms with Gasteiger partial charge in [-0.1, -0.05) is 85.8 Å². The van der Waals surface area contributed by atoms with Crippen molar-refractivity contribution in [1.29, 1.82) is 0 Å². The maximum atomic E-state index is 2.74. The minimum Gasteiger partial charge on any atom is -0.0850 e. The second-order valence-electron chi connectivity index (χ2n) is 13.2. The highest BCUT2D eigenvalue weighted by Crippen LogP contribution is 2.66. The largest absolute Gasteiger partial charge is 0.0850 e. The van der Waals surface area contributed by atoms with Crippen LogP contribution >= 0.6 is 0 Å². The van der Waals surface area contributed by atoms with Crippen molar-refractivity contribution in [3.05, 3.63) is 11.6 Å². The van der Waals surface area contributed by atoms with Crippen LogP contribution in [0.15, 0.2) is 11.6 Å². The van der Waals surface area contributed by atoms with Crippen LogP contribution in [0.1, 0.15) is 126 Å². The Hall–Kier alpha value is -0.260. The van der Waals surface area contributed by atoms with Gasteiger partial charge in [-0.2, -0.15) is 0 Å². The molecule has 7 atom stereocenters. The molecular formula is C30H54. The van der Waals surface area contributed by atoms with Gasteiger partial charge in [0, 0.05) is 0 Å². The molecule has 2 fully saturated rings. The van der Waals surface area contributed by atoms with Gasteiger partial charge in [0.2, 0.25) is 0 Å². The Morgan fingerprint density at radius 1 is 0.867 bits per heavy atom. The van der Waals surface area contributed by atoms with Gasteiger partial charge in [0.1, 0.15) is 0 Å². The zero-order valence-corrected chi connectivity index (χ0v) is 21.9. The first-order valence-corrected chi connectivity index (χ1v) is 13.8. The summed E-state index contributed by atoms with van der Waals surface area (Å²) in [5.41, 5.74) is 2.81. The lowest BCUT2D eigenvalue weighted by Gasteiger charge is -2.54. The van der Waals surface area contributed by atoms with Gasteiger partial charge < -0.3 is 0 Å². The number of fused-ring (bicyclic) bond motifs is 3. The SMILES string of the molecule is CC1=CCCC2C(CCC3(C)C(C(C)CCCC(C)C)CCC23)C1(C)CCC(C)C. The fraction of sp³-hybridized carbons (Fsp3) is 0.933. The summed E-state index contributed by atoms with van der Waals surface area (Å²) in [5.74, 6) is 6.50. The molecule has 30 heavy (non-hydrogen) atoms. The normalized spacial score (nSPS) is 40.1. The van der Waals surface area contributed by atoms with Crippen LogP contribution in [0.5, 0.6) is 0 Å². The Morgan fingerprint density at radius 2 is 1.57 bits per heavy atom. The molecule has 0 aromatic carbocycles. The van der Waals surface area contributed by atoms with E-state index in [1.165, 1.54) is 70.6 Å². The smallest absolute Gasteiger partial charge is 0.00881 e. The van der Waals surface area contributed by atoms with Crippen LogP contribution in [0.25, 0.3) is 0 Å². The van der Waals surface area contributed by atoms with E-state index in [1.807, 2.05) is 0 Å².